The van der Waals surface area contributed by atoms with Crippen molar-refractivity contribution < 1.29 is 5.11 Å². The number of hydrogen-bond acceptors (Lipinski definition) is 3. The highest BCUT2D eigenvalue weighted by molar-refractivity contribution is 9.10. The van der Waals surface area contributed by atoms with Gasteiger partial charge in [0.05, 0.1) is 6.10 Å². The van der Waals surface area contributed by atoms with Crippen LogP contribution in [-0.2, 0) is 6.42 Å². The van der Waals surface area contributed by atoms with Crippen LogP contribution in [0.5, 0.6) is 0 Å². The average molecular weight is 343 g/mol. The predicted molar refractivity (Wildman–Crippen MR) is 83.5 cm³/mol. The highest BCUT2D eigenvalue weighted by Gasteiger charge is 2.07. The lowest BCUT2D eigenvalue weighted by Gasteiger charge is -2.10. The van der Waals surface area contributed by atoms with Gasteiger partial charge in [-0.25, -0.2) is 0 Å². The van der Waals surface area contributed by atoms with Gasteiger partial charge in [-0.15, -0.1) is 11.8 Å². The number of thioether (sulfide) groups is 1. The molecule has 0 bridgehead atoms. The lowest BCUT2D eigenvalue weighted by Crippen LogP contribution is -2.10. The van der Waals surface area contributed by atoms with Crippen LogP contribution in [0.1, 0.15) is 12.0 Å². The standard InChI is InChI=1S/C14H15BrOS2/c15-13-3-1-2-4-14(13)18-10-12(16)6-5-11-7-8-17-9-11/h1-4,7-9,12,16H,5-6,10H2. The normalized spacial score (nSPS) is 12.6. The van der Waals surface area contributed by atoms with Crippen molar-refractivity contribution in [2.45, 2.75) is 23.8 Å². The molecule has 0 fully saturated rings. The maximum atomic E-state index is 9.97. The van der Waals surface area contributed by atoms with Gasteiger partial charge in [-0.05, 0) is 63.3 Å². The van der Waals surface area contributed by atoms with Gasteiger partial charge in [0.1, 0.15) is 0 Å². The lowest BCUT2D eigenvalue weighted by atomic mass is 10.1. The molecule has 2 aromatic rings. The third kappa shape index (κ3) is 4.43. The average Bonchev–Trinajstić information content (AvgIpc) is 2.88. The zero-order valence-electron chi connectivity index (χ0n) is 9.88. The molecular formula is C14H15BrOS2. The summed E-state index contributed by atoms with van der Waals surface area (Å²) in [5.74, 6) is 0.743. The Morgan fingerprint density at radius 1 is 1.28 bits per heavy atom. The molecule has 1 unspecified atom stereocenters. The molecule has 0 aliphatic heterocycles. The number of halogens is 1. The number of hydrogen-bond donors (Lipinski definition) is 1. The van der Waals surface area contributed by atoms with Gasteiger partial charge in [-0.3, -0.25) is 0 Å². The number of benzene rings is 1. The fourth-order valence-electron chi connectivity index (χ4n) is 1.60. The molecule has 4 heteroatoms. The van der Waals surface area contributed by atoms with Gasteiger partial charge in [0.2, 0.25) is 0 Å². The van der Waals surface area contributed by atoms with Crippen LogP contribution >= 0.6 is 39.0 Å². The van der Waals surface area contributed by atoms with E-state index in [4.69, 9.17) is 0 Å². The van der Waals surface area contributed by atoms with Crippen molar-refractivity contribution >= 4 is 39.0 Å². The number of aliphatic hydroxyl groups excluding tert-OH is 1. The van der Waals surface area contributed by atoms with Gasteiger partial charge in [-0.2, -0.15) is 11.3 Å². The second-order valence-electron chi connectivity index (χ2n) is 4.07. The molecule has 18 heavy (non-hydrogen) atoms. The van der Waals surface area contributed by atoms with E-state index >= 15 is 0 Å². The summed E-state index contributed by atoms with van der Waals surface area (Å²) < 4.78 is 1.10. The quantitative estimate of drug-likeness (QED) is 0.774. The molecule has 1 aromatic carbocycles. The first-order valence-electron chi connectivity index (χ1n) is 5.82. The van der Waals surface area contributed by atoms with Crippen molar-refractivity contribution in [1.29, 1.82) is 0 Å². The highest BCUT2D eigenvalue weighted by atomic mass is 79.9. The maximum Gasteiger partial charge on any atom is 0.0637 e. The van der Waals surface area contributed by atoms with Crippen LogP contribution in [0.15, 0.2) is 50.5 Å². The van der Waals surface area contributed by atoms with Crippen molar-refractivity contribution in [3.63, 3.8) is 0 Å². The largest absolute Gasteiger partial charge is 0.392 e. The monoisotopic (exact) mass is 342 g/mol. The molecule has 0 saturated carbocycles. The maximum absolute atomic E-state index is 9.97. The van der Waals surface area contributed by atoms with Crippen LogP contribution < -0.4 is 0 Å². The fraction of sp³-hybridized carbons (Fsp3) is 0.286. The zero-order valence-corrected chi connectivity index (χ0v) is 13.1. The summed E-state index contributed by atoms with van der Waals surface area (Å²) in [5, 5.41) is 14.2. The third-order valence-electron chi connectivity index (χ3n) is 2.61. The molecule has 2 rings (SSSR count). The third-order valence-corrected chi connectivity index (χ3v) is 5.52. The van der Waals surface area contributed by atoms with Gasteiger partial charge in [0, 0.05) is 15.1 Å². The molecule has 0 aliphatic carbocycles. The van der Waals surface area contributed by atoms with E-state index < -0.39 is 0 Å². The Bertz CT molecular complexity index is 470. The fourth-order valence-corrected chi connectivity index (χ4v) is 3.85. The Labute approximate surface area is 124 Å². The van der Waals surface area contributed by atoms with Gasteiger partial charge < -0.3 is 5.11 Å². The molecule has 0 saturated heterocycles. The molecule has 1 aromatic heterocycles. The molecule has 0 radical (unpaired) electrons. The first-order chi connectivity index (χ1) is 8.75. The minimum Gasteiger partial charge on any atom is -0.392 e. The molecule has 1 nitrogen and oxygen atoms in total. The Kier molecular flexibility index (Phi) is 5.76. The van der Waals surface area contributed by atoms with E-state index in [-0.39, 0.29) is 6.10 Å². The van der Waals surface area contributed by atoms with E-state index in [0.717, 1.165) is 23.1 Å². The molecular weight excluding hydrogens is 328 g/mol. The van der Waals surface area contributed by atoms with E-state index in [1.807, 2.05) is 18.2 Å². The minimum atomic E-state index is -0.248. The van der Waals surface area contributed by atoms with E-state index in [1.54, 1.807) is 23.1 Å². The molecule has 0 aliphatic rings. The van der Waals surface area contributed by atoms with Crippen molar-refractivity contribution in [3.8, 4) is 0 Å². The first-order valence-corrected chi connectivity index (χ1v) is 8.54. The zero-order chi connectivity index (χ0) is 12.8. The van der Waals surface area contributed by atoms with E-state index in [2.05, 4.69) is 38.8 Å². The van der Waals surface area contributed by atoms with Crippen LogP contribution in [0.4, 0.5) is 0 Å². The van der Waals surface area contributed by atoms with Crippen molar-refractivity contribution in [1.82, 2.24) is 0 Å². The second-order valence-corrected chi connectivity index (χ2v) is 6.76. The second kappa shape index (κ2) is 7.34. The molecule has 1 heterocycles. The Morgan fingerprint density at radius 2 is 2.11 bits per heavy atom. The molecule has 96 valence electrons. The van der Waals surface area contributed by atoms with Crippen molar-refractivity contribution in [2.24, 2.45) is 0 Å². The Hall–Kier alpha value is -0.290. The Morgan fingerprint density at radius 3 is 2.83 bits per heavy atom. The summed E-state index contributed by atoms with van der Waals surface area (Å²) in [6.07, 6.45) is 1.54. The van der Waals surface area contributed by atoms with Crippen LogP contribution in [-0.4, -0.2) is 17.0 Å². The molecule has 0 amide bonds. The number of rotatable bonds is 6. The summed E-state index contributed by atoms with van der Waals surface area (Å²) in [4.78, 5) is 1.19. The molecule has 1 atom stereocenters. The number of thiophene rings is 1. The highest BCUT2D eigenvalue weighted by Crippen LogP contribution is 2.27. The van der Waals surface area contributed by atoms with Crippen molar-refractivity contribution in [2.75, 3.05) is 5.75 Å². The topological polar surface area (TPSA) is 20.2 Å². The van der Waals surface area contributed by atoms with Gasteiger partial charge in [-0.1, -0.05) is 12.1 Å². The van der Waals surface area contributed by atoms with E-state index in [1.165, 1.54) is 10.5 Å². The summed E-state index contributed by atoms with van der Waals surface area (Å²) >= 11 is 6.92. The molecule has 0 spiro atoms. The van der Waals surface area contributed by atoms with Gasteiger partial charge >= 0.3 is 0 Å². The summed E-state index contributed by atoms with van der Waals surface area (Å²) in [6, 6.07) is 10.2. The Balaban J connectivity index is 1.75. The van der Waals surface area contributed by atoms with Crippen LogP contribution in [0.3, 0.4) is 0 Å². The summed E-state index contributed by atoms with van der Waals surface area (Å²) in [5.41, 5.74) is 1.32. The summed E-state index contributed by atoms with van der Waals surface area (Å²) in [7, 11) is 0. The van der Waals surface area contributed by atoms with Crippen molar-refractivity contribution in [3.05, 3.63) is 51.1 Å². The number of aliphatic hydroxyl groups is 1. The van der Waals surface area contributed by atoms with Gasteiger partial charge in [0.25, 0.3) is 0 Å². The van der Waals surface area contributed by atoms with Crippen LogP contribution in [0.2, 0.25) is 0 Å². The first kappa shape index (κ1) is 14.1. The van der Waals surface area contributed by atoms with E-state index in [0.29, 0.717) is 0 Å². The minimum absolute atomic E-state index is 0.248. The summed E-state index contributed by atoms with van der Waals surface area (Å²) in [6.45, 7) is 0. The number of aryl methyl sites for hydroxylation is 1. The van der Waals surface area contributed by atoms with Crippen LogP contribution in [0, 0.1) is 0 Å². The van der Waals surface area contributed by atoms with Gasteiger partial charge in [0.15, 0.2) is 0 Å². The SMILES string of the molecule is OC(CCc1ccsc1)CSc1ccccc1Br. The van der Waals surface area contributed by atoms with Crippen LogP contribution in [0.25, 0.3) is 0 Å². The van der Waals surface area contributed by atoms with E-state index in [9.17, 15) is 5.11 Å². The smallest absolute Gasteiger partial charge is 0.0637 e. The lowest BCUT2D eigenvalue weighted by molar-refractivity contribution is 0.189. The predicted octanol–water partition coefficient (Wildman–Crippen LogP) is 4.60. The molecule has 1 N–H and O–H groups in total.